The molecule has 4 rings (SSSR count). The summed E-state index contributed by atoms with van der Waals surface area (Å²) < 4.78 is 34.8. The molecule has 13 heteroatoms. The van der Waals surface area contributed by atoms with Crippen LogP contribution in [0.2, 0.25) is 0 Å². The molecule has 0 atom stereocenters. The molecule has 176 valence electrons. The van der Waals surface area contributed by atoms with Gasteiger partial charge in [-0.1, -0.05) is 18.2 Å². The van der Waals surface area contributed by atoms with E-state index in [4.69, 9.17) is 4.74 Å². The van der Waals surface area contributed by atoms with Crippen LogP contribution in [0, 0.1) is 10.1 Å². The van der Waals surface area contributed by atoms with E-state index in [-0.39, 0.29) is 23.4 Å². The number of aromatic nitrogens is 3. The van der Waals surface area contributed by atoms with Crippen molar-refractivity contribution in [3.05, 3.63) is 65.0 Å². The molecular weight excluding hydrogens is 468 g/mol. The number of para-hydroxylation sites is 1. The second-order valence-electron chi connectivity index (χ2n) is 7.13. The van der Waals surface area contributed by atoms with Crippen molar-refractivity contribution >= 4 is 27.5 Å². The molecule has 0 amide bonds. The third kappa shape index (κ3) is 5.75. The van der Waals surface area contributed by atoms with Gasteiger partial charge in [0.15, 0.2) is 5.16 Å². The first kappa shape index (κ1) is 23.3. The van der Waals surface area contributed by atoms with Gasteiger partial charge in [0.1, 0.15) is 6.33 Å². The van der Waals surface area contributed by atoms with Crippen molar-refractivity contribution in [3.63, 3.8) is 0 Å². The molecule has 33 heavy (non-hydrogen) atoms. The summed E-state index contributed by atoms with van der Waals surface area (Å²) in [7, 11) is -3.90. The number of rotatable bonds is 9. The molecule has 1 aliphatic rings. The van der Waals surface area contributed by atoms with Crippen molar-refractivity contribution in [1.29, 1.82) is 0 Å². The molecule has 2 heterocycles. The van der Waals surface area contributed by atoms with Crippen LogP contribution in [0.3, 0.4) is 0 Å². The highest BCUT2D eigenvalue weighted by Crippen LogP contribution is 2.35. The number of sulfonamides is 1. The molecule has 0 spiro atoms. The Hall–Kier alpha value is -2.84. The Kier molecular flexibility index (Phi) is 7.35. The van der Waals surface area contributed by atoms with Crippen LogP contribution in [-0.4, -0.2) is 72.4 Å². The van der Waals surface area contributed by atoms with Gasteiger partial charge in [0, 0.05) is 33.7 Å². The van der Waals surface area contributed by atoms with Gasteiger partial charge in [0.2, 0.25) is 10.0 Å². The number of hydrogen-bond acceptors (Lipinski definition) is 9. The minimum atomic E-state index is -3.90. The van der Waals surface area contributed by atoms with Crippen molar-refractivity contribution in [2.75, 3.05) is 39.4 Å². The van der Waals surface area contributed by atoms with E-state index in [9.17, 15) is 18.5 Å². The number of nitrogens with one attached hydrogen (secondary N) is 1. The summed E-state index contributed by atoms with van der Waals surface area (Å²) in [5.41, 5.74) is 0.433. The monoisotopic (exact) mass is 492 g/mol. The Balaban J connectivity index is 0.00000324. The highest BCUT2D eigenvalue weighted by atomic mass is 32.2. The highest BCUT2D eigenvalue weighted by molar-refractivity contribution is 7.99. The smallest absolute Gasteiger partial charge is 0.284 e. The van der Waals surface area contributed by atoms with Crippen molar-refractivity contribution in [2.45, 2.75) is 14.9 Å². The maximum Gasteiger partial charge on any atom is 0.284 e. The van der Waals surface area contributed by atoms with Gasteiger partial charge in [-0.05, 0) is 36.0 Å². The lowest BCUT2D eigenvalue weighted by molar-refractivity contribution is -0.388. The van der Waals surface area contributed by atoms with Crippen LogP contribution in [0.1, 0.15) is 1.43 Å². The first-order valence-corrected chi connectivity index (χ1v) is 12.5. The topological polar surface area (TPSA) is 132 Å². The van der Waals surface area contributed by atoms with Gasteiger partial charge < -0.3 is 4.74 Å². The van der Waals surface area contributed by atoms with Crippen molar-refractivity contribution < 1.29 is 19.5 Å². The fourth-order valence-corrected chi connectivity index (χ4v) is 5.24. The van der Waals surface area contributed by atoms with E-state index >= 15 is 0 Å². The van der Waals surface area contributed by atoms with E-state index in [0.29, 0.717) is 24.9 Å². The number of nitro benzene ring substituents is 1. The lowest BCUT2D eigenvalue weighted by Gasteiger charge is -2.26. The number of nitro groups is 1. The van der Waals surface area contributed by atoms with Gasteiger partial charge in [-0.15, -0.1) is 0 Å². The molecule has 1 N–H and O–H groups in total. The summed E-state index contributed by atoms with van der Waals surface area (Å²) in [6, 6.07) is 13.1. The van der Waals surface area contributed by atoms with Crippen LogP contribution < -0.4 is 4.72 Å². The number of hydrogen-bond donors (Lipinski definition) is 1. The molecule has 0 unspecified atom stereocenters. The average Bonchev–Trinajstić information content (AvgIpc) is 3.28. The van der Waals surface area contributed by atoms with Gasteiger partial charge in [0.05, 0.1) is 33.6 Å². The lowest BCUT2D eigenvalue weighted by atomic mass is 10.3. The Morgan fingerprint density at radius 3 is 2.67 bits per heavy atom. The number of morpholine rings is 1. The summed E-state index contributed by atoms with van der Waals surface area (Å²) in [6.07, 6.45) is 1.36. The highest BCUT2D eigenvalue weighted by Gasteiger charge is 2.23. The maximum atomic E-state index is 12.7. The van der Waals surface area contributed by atoms with Crippen LogP contribution >= 0.6 is 11.8 Å². The van der Waals surface area contributed by atoms with Crippen molar-refractivity contribution in [3.8, 4) is 5.69 Å². The molecule has 1 aromatic heterocycles. The number of benzene rings is 2. The number of ether oxygens (including phenoxy) is 1. The molecule has 0 saturated carbocycles. The molecule has 0 radical (unpaired) electrons. The van der Waals surface area contributed by atoms with E-state index in [0.717, 1.165) is 36.6 Å². The summed E-state index contributed by atoms with van der Waals surface area (Å²) in [6.45, 7) is 3.46. The molecule has 2 aromatic carbocycles. The van der Waals surface area contributed by atoms with Gasteiger partial charge >= 0.3 is 0 Å². The molecule has 3 aromatic rings. The molecule has 1 saturated heterocycles. The van der Waals surface area contributed by atoms with Crippen molar-refractivity contribution in [1.82, 2.24) is 24.4 Å². The molecule has 11 nitrogen and oxygen atoms in total. The largest absolute Gasteiger partial charge is 0.379 e. The summed E-state index contributed by atoms with van der Waals surface area (Å²) in [5.74, 6) is 0. The first-order valence-electron chi connectivity index (χ1n) is 10.2. The predicted octanol–water partition coefficient (Wildman–Crippen LogP) is 2.18. The summed E-state index contributed by atoms with van der Waals surface area (Å²) in [4.78, 5) is 17.5. The molecule has 0 bridgehead atoms. The van der Waals surface area contributed by atoms with Crippen molar-refractivity contribution in [2.24, 2.45) is 0 Å². The van der Waals surface area contributed by atoms with Crippen LogP contribution in [0.15, 0.2) is 69.8 Å². The fraction of sp³-hybridized carbons (Fsp3) is 0.300. The zero-order chi connectivity index (χ0) is 23.3. The number of nitrogens with zero attached hydrogens (tertiary/aromatic N) is 5. The van der Waals surface area contributed by atoms with Gasteiger partial charge in [0.25, 0.3) is 5.69 Å². The SMILES string of the molecule is O=[N+]([O-])c1cc(S(=O)(=O)NCCN2CCOCC2)ccc1Sc1ncnn1-c1ccccc1.[HH]. The standard InChI is InChI=1S/C20H22N6O5S2.H2/c27-26(28)18-14-17(33(29,30)23-8-9-24-10-12-31-13-11-24)6-7-19(18)32-20-21-15-22-25(20)16-4-2-1-3-5-16;/h1-7,14-15,23H,8-13H2;1H. The minimum Gasteiger partial charge on any atom is -0.379 e. The fourth-order valence-electron chi connectivity index (χ4n) is 3.28. The lowest BCUT2D eigenvalue weighted by Crippen LogP contribution is -2.41. The summed E-state index contributed by atoms with van der Waals surface area (Å²) in [5, 5.41) is 16.3. The second-order valence-corrected chi connectivity index (χ2v) is 9.91. The molecule has 1 aliphatic heterocycles. The quantitative estimate of drug-likeness (QED) is 0.352. The van der Waals surface area contributed by atoms with E-state index in [1.807, 2.05) is 30.3 Å². The molecule has 1 fully saturated rings. The van der Waals surface area contributed by atoms with Gasteiger partial charge in [-0.2, -0.15) is 5.10 Å². The molecular formula is C20H24N6O5S2. The second kappa shape index (κ2) is 10.4. The Bertz CT molecular complexity index is 1220. The third-order valence-electron chi connectivity index (χ3n) is 4.98. The first-order chi connectivity index (χ1) is 15.9. The average molecular weight is 493 g/mol. The Labute approximate surface area is 196 Å². The normalized spacial score (nSPS) is 14.9. The van der Waals surface area contributed by atoms with Crippen LogP contribution in [0.25, 0.3) is 5.69 Å². The van der Waals surface area contributed by atoms with E-state index in [2.05, 4.69) is 19.7 Å². The maximum absolute atomic E-state index is 12.7. The van der Waals surface area contributed by atoms with E-state index in [1.165, 1.54) is 18.5 Å². The van der Waals surface area contributed by atoms with E-state index < -0.39 is 14.9 Å². The zero-order valence-corrected chi connectivity index (χ0v) is 19.2. The summed E-state index contributed by atoms with van der Waals surface area (Å²) >= 11 is 1.04. The third-order valence-corrected chi connectivity index (χ3v) is 7.46. The minimum absolute atomic E-state index is 0. The van der Waals surface area contributed by atoms with Crippen LogP contribution in [0.4, 0.5) is 5.69 Å². The van der Waals surface area contributed by atoms with Gasteiger partial charge in [-0.3, -0.25) is 15.0 Å². The molecule has 0 aliphatic carbocycles. The van der Waals surface area contributed by atoms with E-state index in [1.54, 1.807) is 4.68 Å². The van der Waals surface area contributed by atoms with Crippen LogP contribution in [-0.2, 0) is 14.8 Å². The Morgan fingerprint density at radius 1 is 1.18 bits per heavy atom. The zero-order valence-electron chi connectivity index (χ0n) is 17.5. The Morgan fingerprint density at radius 2 is 1.94 bits per heavy atom. The predicted molar refractivity (Wildman–Crippen MR) is 123 cm³/mol. The van der Waals surface area contributed by atoms with Crippen LogP contribution in [0.5, 0.6) is 0 Å². The van der Waals surface area contributed by atoms with Gasteiger partial charge in [-0.25, -0.2) is 22.8 Å².